The van der Waals surface area contributed by atoms with Gasteiger partial charge in [-0.05, 0) is 72.2 Å². The summed E-state index contributed by atoms with van der Waals surface area (Å²) >= 11 is 0. The van der Waals surface area contributed by atoms with Crippen LogP contribution in [0, 0.1) is 11.3 Å². The molecule has 2 atom stereocenters. The molecule has 6 aromatic rings. The van der Waals surface area contributed by atoms with E-state index in [-0.39, 0.29) is 17.3 Å². The second kappa shape index (κ2) is 13.1. The topological polar surface area (TPSA) is 9.23 Å². The van der Waals surface area contributed by atoms with Gasteiger partial charge in [0.1, 0.15) is 0 Å². The number of rotatable bonds is 10. The van der Waals surface area contributed by atoms with E-state index in [1.165, 1.54) is 53.8 Å². The van der Waals surface area contributed by atoms with E-state index in [0.717, 1.165) is 12.8 Å². The standard InChI is InChI=1S/C49H42OSi/c1-49(47-43-30-15-11-26-39(43)40-27-12-16-31-44(40)47,48-45-32-17-13-28-41(45)42-29-14-18-33-46(42)48)34-19-35-50-51(36-20-5-2-6-21-36,37-22-7-3-8-23-37)38-24-9-4-10-25-38/h2-18,20-33,43,48H,19,34-35H2,1H3. The van der Waals surface area contributed by atoms with Crippen molar-refractivity contribution in [1.29, 1.82) is 0 Å². The largest absolute Gasteiger partial charge is 0.404 e. The Morgan fingerprint density at radius 2 is 1.04 bits per heavy atom. The zero-order chi connectivity index (χ0) is 34.3. The molecule has 3 aliphatic carbocycles. The fourth-order valence-electron chi connectivity index (χ4n) is 9.56. The zero-order valence-electron chi connectivity index (χ0n) is 29.1. The minimum Gasteiger partial charge on any atom is -0.404 e. The number of fused-ring (bicyclic) bond motifs is 5. The Morgan fingerprint density at radius 1 is 0.549 bits per heavy atom. The summed E-state index contributed by atoms with van der Waals surface area (Å²) in [5.41, 5.74) is 8.42. The molecule has 0 saturated carbocycles. The van der Waals surface area contributed by atoms with Crippen LogP contribution in [-0.2, 0) is 4.43 Å². The molecular formula is C49H42OSi. The predicted octanol–water partition coefficient (Wildman–Crippen LogP) is 8.03. The Labute approximate surface area is 302 Å². The molecule has 51 heavy (non-hydrogen) atoms. The average molecular weight is 675 g/mol. The Morgan fingerprint density at radius 3 is 1.61 bits per heavy atom. The first kappa shape index (κ1) is 31.7. The summed E-state index contributed by atoms with van der Waals surface area (Å²) in [5.74, 6) is 0.482. The third-order valence-corrected chi connectivity index (χ3v) is 15.7. The summed E-state index contributed by atoms with van der Waals surface area (Å²) in [5, 5.41) is 6.62. The maximum Gasteiger partial charge on any atom is 0.288 e. The van der Waals surface area contributed by atoms with Crippen LogP contribution in [0.1, 0.15) is 36.8 Å². The van der Waals surface area contributed by atoms with Gasteiger partial charge >= 0.3 is 0 Å². The highest BCUT2D eigenvalue weighted by Crippen LogP contribution is 2.59. The minimum absolute atomic E-state index is 0.180. The van der Waals surface area contributed by atoms with E-state index >= 15 is 0 Å². The summed E-state index contributed by atoms with van der Waals surface area (Å²) in [6, 6.07) is 60.3. The molecule has 2 heteroatoms. The molecule has 0 spiro atoms. The first-order valence-corrected chi connectivity index (χ1v) is 20.3. The van der Waals surface area contributed by atoms with E-state index < -0.39 is 8.32 Å². The van der Waals surface area contributed by atoms with E-state index in [0.29, 0.717) is 6.61 Å². The highest BCUT2D eigenvalue weighted by Gasteiger charge is 2.48. The monoisotopic (exact) mass is 674 g/mol. The van der Waals surface area contributed by atoms with Crippen LogP contribution in [-0.4, -0.2) is 14.9 Å². The highest BCUT2D eigenvalue weighted by molar-refractivity contribution is 7.07. The van der Waals surface area contributed by atoms with Gasteiger partial charge in [0.15, 0.2) is 0 Å². The van der Waals surface area contributed by atoms with Crippen LogP contribution in [0.4, 0.5) is 0 Å². The molecule has 9 rings (SSSR count). The quantitative estimate of drug-likeness (QED) is 0.0813. The first-order chi connectivity index (χ1) is 25.2. The van der Waals surface area contributed by atoms with Crippen LogP contribution in [0.2, 0.25) is 0 Å². The SMILES string of the molecule is CC(CCCO[Si](c1ccccc1)(c1ccccc1)c1ccccc1)(C1=c2ccccc2=C2C=CC=CC21)C1c2ccccc2-c2ccccc21. The fourth-order valence-corrected chi connectivity index (χ4v) is 13.5. The number of benzene rings is 6. The lowest BCUT2D eigenvalue weighted by Crippen LogP contribution is -2.69. The molecule has 2 unspecified atom stereocenters. The van der Waals surface area contributed by atoms with Crippen LogP contribution >= 0.6 is 0 Å². The second-order valence-corrected chi connectivity index (χ2v) is 17.8. The molecular weight excluding hydrogens is 633 g/mol. The third kappa shape index (κ3) is 5.16. The Kier molecular flexibility index (Phi) is 8.15. The number of hydrogen-bond donors (Lipinski definition) is 0. The van der Waals surface area contributed by atoms with Gasteiger partial charge in [-0.2, -0.15) is 0 Å². The van der Waals surface area contributed by atoms with Gasteiger partial charge in [-0.1, -0.05) is 195 Å². The van der Waals surface area contributed by atoms with Gasteiger partial charge < -0.3 is 4.43 Å². The summed E-state index contributed by atoms with van der Waals surface area (Å²) in [6.07, 6.45) is 11.2. The highest BCUT2D eigenvalue weighted by atomic mass is 28.4. The molecule has 0 fully saturated rings. The summed E-state index contributed by atoms with van der Waals surface area (Å²) in [7, 11) is -2.82. The summed E-state index contributed by atoms with van der Waals surface area (Å²) in [4.78, 5) is 0. The molecule has 0 aliphatic heterocycles. The maximum absolute atomic E-state index is 7.52. The first-order valence-electron chi connectivity index (χ1n) is 18.4. The average Bonchev–Trinajstić information content (AvgIpc) is 3.73. The molecule has 0 radical (unpaired) electrons. The van der Waals surface area contributed by atoms with E-state index in [1.54, 1.807) is 5.57 Å². The van der Waals surface area contributed by atoms with Crippen molar-refractivity contribution >= 4 is 35.0 Å². The van der Waals surface area contributed by atoms with E-state index in [2.05, 4.69) is 195 Å². The minimum atomic E-state index is -2.82. The predicted molar refractivity (Wildman–Crippen MR) is 215 cm³/mol. The molecule has 0 aromatic heterocycles. The van der Waals surface area contributed by atoms with Crippen LogP contribution in [0.15, 0.2) is 188 Å². The molecule has 0 heterocycles. The number of hydrogen-bond acceptors (Lipinski definition) is 1. The molecule has 1 nitrogen and oxygen atoms in total. The van der Waals surface area contributed by atoms with Gasteiger partial charge in [0.25, 0.3) is 8.32 Å². The maximum atomic E-state index is 7.52. The molecule has 248 valence electrons. The van der Waals surface area contributed by atoms with Crippen molar-refractivity contribution in [3.8, 4) is 11.1 Å². The van der Waals surface area contributed by atoms with Gasteiger partial charge in [0.05, 0.1) is 0 Å². The lowest BCUT2D eigenvalue weighted by molar-refractivity contribution is 0.266. The van der Waals surface area contributed by atoms with E-state index in [1.807, 2.05) is 0 Å². The molecule has 0 bridgehead atoms. The van der Waals surface area contributed by atoms with Crippen molar-refractivity contribution in [3.63, 3.8) is 0 Å². The fraction of sp³-hybridized carbons (Fsp3) is 0.143. The molecule has 0 N–H and O–H groups in total. The van der Waals surface area contributed by atoms with Gasteiger partial charge in [-0.15, -0.1) is 0 Å². The molecule has 3 aliphatic rings. The van der Waals surface area contributed by atoms with E-state index in [9.17, 15) is 0 Å². The lowest BCUT2D eigenvalue weighted by Gasteiger charge is -2.42. The van der Waals surface area contributed by atoms with Gasteiger partial charge in [0, 0.05) is 23.9 Å². The van der Waals surface area contributed by atoms with Crippen LogP contribution in [0.3, 0.4) is 0 Å². The van der Waals surface area contributed by atoms with Crippen molar-refractivity contribution in [2.24, 2.45) is 11.3 Å². The second-order valence-electron chi connectivity index (χ2n) is 14.4. The smallest absolute Gasteiger partial charge is 0.288 e. The van der Waals surface area contributed by atoms with Crippen molar-refractivity contribution in [2.45, 2.75) is 25.7 Å². The van der Waals surface area contributed by atoms with Gasteiger partial charge in [0.2, 0.25) is 0 Å². The lowest BCUT2D eigenvalue weighted by atomic mass is 9.61. The van der Waals surface area contributed by atoms with Crippen molar-refractivity contribution < 1.29 is 4.43 Å². The van der Waals surface area contributed by atoms with Crippen LogP contribution in [0.25, 0.3) is 22.3 Å². The Bertz CT molecular complexity index is 2250. The van der Waals surface area contributed by atoms with Crippen molar-refractivity contribution in [2.75, 3.05) is 6.61 Å². The van der Waals surface area contributed by atoms with Gasteiger partial charge in [-0.3, -0.25) is 0 Å². The van der Waals surface area contributed by atoms with Crippen molar-refractivity contribution in [3.05, 3.63) is 210 Å². The zero-order valence-corrected chi connectivity index (χ0v) is 30.1. The van der Waals surface area contributed by atoms with Crippen LogP contribution in [0.5, 0.6) is 0 Å². The number of allylic oxidation sites excluding steroid dienone is 4. The van der Waals surface area contributed by atoms with E-state index in [4.69, 9.17) is 4.43 Å². The van der Waals surface area contributed by atoms with Crippen molar-refractivity contribution in [1.82, 2.24) is 0 Å². The van der Waals surface area contributed by atoms with Crippen LogP contribution < -0.4 is 26.0 Å². The molecule has 0 saturated heterocycles. The van der Waals surface area contributed by atoms with Gasteiger partial charge in [-0.25, -0.2) is 0 Å². The Hall–Kier alpha value is -5.28. The molecule has 6 aromatic carbocycles. The summed E-state index contributed by atoms with van der Waals surface area (Å²) < 4.78 is 7.52. The third-order valence-electron chi connectivity index (χ3n) is 11.7. The molecule has 0 amide bonds. The Balaban J connectivity index is 1.17. The summed E-state index contributed by atoms with van der Waals surface area (Å²) in [6.45, 7) is 3.23. The normalized spacial score (nSPS) is 17.1.